The lowest BCUT2D eigenvalue weighted by molar-refractivity contribution is 0.266. The first-order chi connectivity index (χ1) is 15.2. The highest BCUT2D eigenvalue weighted by atomic mass is 16.5. The highest BCUT2D eigenvalue weighted by molar-refractivity contribution is 5.71. The summed E-state index contributed by atoms with van der Waals surface area (Å²) in [5.41, 5.74) is 2.95. The number of hydrogen-bond donors (Lipinski definition) is 2. The molecule has 0 spiro atoms. The molecule has 4 aromatic rings. The second-order valence-corrected chi connectivity index (χ2v) is 7.71. The highest BCUT2D eigenvalue weighted by Crippen LogP contribution is 2.29. The molecule has 2 N–H and O–H groups in total. The van der Waals surface area contributed by atoms with E-state index in [0.717, 1.165) is 47.7 Å². The molecule has 0 unspecified atom stereocenters. The van der Waals surface area contributed by atoms with Gasteiger partial charge in [0.15, 0.2) is 11.6 Å². The molecule has 1 aliphatic heterocycles. The molecule has 0 amide bonds. The first-order valence-corrected chi connectivity index (χ1v) is 10.3. The third-order valence-corrected chi connectivity index (χ3v) is 5.74. The zero-order valence-electron chi connectivity index (χ0n) is 17.6. The molecule has 1 aromatic carbocycles. The van der Waals surface area contributed by atoms with Gasteiger partial charge in [0.2, 0.25) is 5.95 Å². The van der Waals surface area contributed by atoms with Crippen molar-refractivity contribution in [2.45, 2.75) is 25.8 Å². The Morgan fingerprint density at radius 1 is 1.29 bits per heavy atom. The molecule has 9 heteroatoms. The number of nitrogens with zero attached hydrogens (tertiary/aromatic N) is 6. The summed E-state index contributed by atoms with van der Waals surface area (Å²) in [6.45, 7) is 2.99. The molecule has 1 saturated heterocycles. The Hall–Kier alpha value is -3.59. The molecule has 160 valence electrons. The zero-order chi connectivity index (χ0) is 21.4. The summed E-state index contributed by atoms with van der Waals surface area (Å²) < 4.78 is 9.15. The molecular formula is C22H25N7O2. The van der Waals surface area contributed by atoms with Crippen LogP contribution in [0, 0.1) is 6.92 Å². The first-order valence-electron chi connectivity index (χ1n) is 10.3. The minimum Gasteiger partial charge on any atom is -0.496 e. The van der Waals surface area contributed by atoms with Crippen LogP contribution in [0.4, 0.5) is 17.6 Å². The minimum absolute atomic E-state index is 0.0807. The Morgan fingerprint density at radius 2 is 2.19 bits per heavy atom. The topological polar surface area (TPSA) is 92.7 Å². The summed E-state index contributed by atoms with van der Waals surface area (Å²) in [6, 6.07) is 10.0. The summed E-state index contributed by atoms with van der Waals surface area (Å²) in [5.74, 6) is 2.74. The number of hydrogen-bond acceptors (Lipinski definition) is 7. The number of imidazole rings is 1. The average Bonchev–Trinajstić information content (AvgIpc) is 3.54. The van der Waals surface area contributed by atoms with Crippen LogP contribution in [0.1, 0.15) is 18.4 Å². The molecule has 1 atom stereocenters. The van der Waals surface area contributed by atoms with Crippen molar-refractivity contribution in [2.24, 2.45) is 0 Å². The van der Waals surface area contributed by atoms with Crippen LogP contribution in [-0.2, 0) is 0 Å². The van der Waals surface area contributed by atoms with Gasteiger partial charge in [-0.25, -0.2) is 9.50 Å². The van der Waals surface area contributed by atoms with Gasteiger partial charge in [-0.1, -0.05) is 6.07 Å². The van der Waals surface area contributed by atoms with Crippen LogP contribution in [0.5, 0.6) is 5.75 Å². The van der Waals surface area contributed by atoms with Crippen molar-refractivity contribution in [3.63, 3.8) is 0 Å². The van der Waals surface area contributed by atoms with Crippen molar-refractivity contribution in [2.75, 3.05) is 30.5 Å². The van der Waals surface area contributed by atoms with Gasteiger partial charge in [-0.2, -0.15) is 4.98 Å². The van der Waals surface area contributed by atoms with Gasteiger partial charge in [0.05, 0.1) is 31.6 Å². The molecular weight excluding hydrogens is 394 g/mol. The van der Waals surface area contributed by atoms with E-state index in [2.05, 4.69) is 20.3 Å². The van der Waals surface area contributed by atoms with Gasteiger partial charge in [-0.15, -0.1) is 5.10 Å². The van der Waals surface area contributed by atoms with Gasteiger partial charge < -0.3 is 24.6 Å². The maximum Gasteiger partial charge on any atom is 0.248 e. The molecule has 0 bridgehead atoms. The van der Waals surface area contributed by atoms with Crippen LogP contribution in [0.25, 0.3) is 11.2 Å². The SMILES string of the molecule is COc1cc(-n2cnc(Nc3nc(N4CCC[C@H]4CO)c4cccn4n3)c2)ccc1C. The summed E-state index contributed by atoms with van der Waals surface area (Å²) in [5, 5.41) is 17.5. The zero-order valence-corrected chi connectivity index (χ0v) is 17.6. The molecule has 3 aromatic heterocycles. The molecule has 0 radical (unpaired) electrons. The monoisotopic (exact) mass is 419 g/mol. The van der Waals surface area contributed by atoms with Crippen LogP contribution >= 0.6 is 0 Å². The normalized spacial score (nSPS) is 16.2. The van der Waals surface area contributed by atoms with E-state index in [1.807, 2.05) is 54.2 Å². The molecule has 31 heavy (non-hydrogen) atoms. The Labute approximate surface area is 179 Å². The van der Waals surface area contributed by atoms with E-state index < -0.39 is 0 Å². The fourth-order valence-electron chi connectivity index (χ4n) is 4.10. The van der Waals surface area contributed by atoms with E-state index in [4.69, 9.17) is 9.72 Å². The number of benzene rings is 1. The third kappa shape index (κ3) is 3.57. The number of aliphatic hydroxyl groups is 1. The predicted molar refractivity (Wildman–Crippen MR) is 119 cm³/mol. The number of nitrogens with one attached hydrogen (secondary N) is 1. The van der Waals surface area contributed by atoms with E-state index in [1.54, 1.807) is 18.0 Å². The maximum atomic E-state index is 9.76. The largest absolute Gasteiger partial charge is 0.496 e. The number of anilines is 3. The molecule has 0 aliphatic carbocycles. The van der Waals surface area contributed by atoms with E-state index in [-0.39, 0.29) is 12.6 Å². The number of rotatable bonds is 6. The van der Waals surface area contributed by atoms with Crippen molar-refractivity contribution >= 4 is 23.1 Å². The number of aliphatic hydroxyl groups excluding tert-OH is 1. The van der Waals surface area contributed by atoms with Crippen molar-refractivity contribution in [3.8, 4) is 11.4 Å². The van der Waals surface area contributed by atoms with Gasteiger partial charge in [0.25, 0.3) is 0 Å². The first kappa shape index (κ1) is 19.4. The lowest BCUT2D eigenvalue weighted by Gasteiger charge is -2.25. The van der Waals surface area contributed by atoms with Gasteiger partial charge in [-0.3, -0.25) is 0 Å². The van der Waals surface area contributed by atoms with Crippen molar-refractivity contribution in [1.82, 2.24) is 24.1 Å². The lowest BCUT2D eigenvalue weighted by atomic mass is 10.2. The van der Waals surface area contributed by atoms with Gasteiger partial charge in [0.1, 0.15) is 17.6 Å². The number of fused-ring (bicyclic) bond motifs is 1. The maximum absolute atomic E-state index is 9.76. The summed E-state index contributed by atoms with van der Waals surface area (Å²) in [7, 11) is 1.67. The molecule has 0 saturated carbocycles. The molecule has 4 heterocycles. The van der Waals surface area contributed by atoms with Crippen molar-refractivity contribution in [1.29, 1.82) is 0 Å². The standard InChI is InChI=1S/C22H25N7O2/c1-15-7-8-16(11-19(15)31-2)27-12-20(23-14-27)24-22-25-21(18-6-4-10-29(18)26-22)28-9-3-5-17(28)13-30/h4,6-8,10-12,14,17,30H,3,5,9,13H2,1-2H3,(H,24,26)/t17-/m0/s1. The average molecular weight is 419 g/mol. The quantitative estimate of drug-likeness (QED) is 0.496. The van der Waals surface area contributed by atoms with Gasteiger partial charge >= 0.3 is 0 Å². The number of aromatic nitrogens is 5. The Bertz CT molecular complexity index is 1220. The van der Waals surface area contributed by atoms with E-state index >= 15 is 0 Å². The van der Waals surface area contributed by atoms with E-state index in [0.29, 0.717) is 11.8 Å². The van der Waals surface area contributed by atoms with Crippen LogP contribution in [-0.4, -0.2) is 55.6 Å². The van der Waals surface area contributed by atoms with Crippen LogP contribution in [0.2, 0.25) is 0 Å². The van der Waals surface area contributed by atoms with Crippen molar-refractivity contribution < 1.29 is 9.84 Å². The fourth-order valence-corrected chi connectivity index (χ4v) is 4.10. The Balaban J connectivity index is 1.45. The second kappa shape index (κ2) is 7.92. The highest BCUT2D eigenvalue weighted by Gasteiger charge is 2.27. The predicted octanol–water partition coefficient (Wildman–Crippen LogP) is 2.94. The van der Waals surface area contributed by atoms with E-state index in [9.17, 15) is 5.11 Å². The van der Waals surface area contributed by atoms with Crippen molar-refractivity contribution in [3.05, 3.63) is 54.6 Å². The van der Waals surface area contributed by atoms with E-state index in [1.165, 1.54) is 0 Å². The summed E-state index contributed by atoms with van der Waals surface area (Å²) in [4.78, 5) is 11.4. The molecule has 9 nitrogen and oxygen atoms in total. The summed E-state index contributed by atoms with van der Waals surface area (Å²) >= 11 is 0. The third-order valence-electron chi connectivity index (χ3n) is 5.74. The van der Waals surface area contributed by atoms with Crippen LogP contribution in [0.15, 0.2) is 49.1 Å². The number of aryl methyl sites for hydroxylation is 1. The summed E-state index contributed by atoms with van der Waals surface area (Å²) in [6.07, 6.45) is 7.52. The number of ether oxygens (including phenoxy) is 1. The Morgan fingerprint density at radius 3 is 3.03 bits per heavy atom. The lowest BCUT2D eigenvalue weighted by Crippen LogP contribution is -2.33. The van der Waals surface area contributed by atoms with Gasteiger partial charge in [-0.05, 0) is 43.5 Å². The fraction of sp³-hybridized carbons (Fsp3) is 0.318. The smallest absolute Gasteiger partial charge is 0.248 e. The minimum atomic E-state index is 0.0807. The molecule has 1 fully saturated rings. The van der Waals surface area contributed by atoms with Crippen LogP contribution < -0.4 is 15.0 Å². The molecule has 1 aliphatic rings. The molecule has 5 rings (SSSR count). The number of methoxy groups -OCH3 is 1. The van der Waals surface area contributed by atoms with Gasteiger partial charge in [0, 0.05) is 18.8 Å². The van der Waals surface area contributed by atoms with Crippen LogP contribution in [0.3, 0.4) is 0 Å². The second-order valence-electron chi connectivity index (χ2n) is 7.71. The Kier molecular flexibility index (Phi) is 4.95.